The van der Waals surface area contributed by atoms with Gasteiger partial charge in [0.1, 0.15) is 5.01 Å². The molecule has 1 aliphatic heterocycles. The molecule has 1 saturated heterocycles. The first-order valence-electron chi connectivity index (χ1n) is 8.38. The highest BCUT2D eigenvalue weighted by molar-refractivity contribution is 7.13. The van der Waals surface area contributed by atoms with Crippen molar-refractivity contribution < 1.29 is 0 Å². The van der Waals surface area contributed by atoms with Crippen LogP contribution in [0.2, 0.25) is 0 Å². The van der Waals surface area contributed by atoms with Crippen molar-refractivity contribution >= 4 is 11.3 Å². The van der Waals surface area contributed by atoms with E-state index in [-0.39, 0.29) is 5.56 Å². The average molecular weight is 347 g/mol. The molecule has 0 spiro atoms. The lowest BCUT2D eigenvalue weighted by molar-refractivity contribution is 0.186. The van der Waals surface area contributed by atoms with E-state index >= 15 is 0 Å². The van der Waals surface area contributed by atoms with Gasteiger partial charge in [0.2, 0.25) is 0 Å². The Morgan fingerprint density at radius 2 is 2.21 bits per heavy atom. The van der Waals surface area contributed by atoms with Crippen LogP contribution in [0.3, 0.4) is 0 Å². The largest absolute Gasteiger partial charge is 0.316 e. The first kappa shape index (κ1) is 17.3. The fraction of sp³-hybridized carbons (Fsp3) is 0.588. The van der Waals surface area contributed by atoms with Crippen LogP contribution in [0.25, 0.3) is 10.6 Å². The fourth-order valence-corrected chi connectivity index (χ4v) is 4.16. The number of aromatic nitrogens is 3. The van der Waals surface area contributed by atoms with Gasteiger partial charge in [-0.25, -0.2) is 9.67 Å². The van der Waals surface area contributed by atoms with Gasteiger partial charge in [-0.05, 0) is 45.8 Å². The van der Waals surface area contributed by atoms with Gasteiger partial charge in [-0.2, -0.15) is 5.10 Å². The van der Waals surface area contributed by atoms with Crippen LogP contribution < -0.4 is 10.9 Å². The summed E-state index contributed by atoms with van der Waals surface area (Å²) in [5, 5.41) is 10.5. The molecule has 2 aromatic heterocycles. The molecule has 3 heterocycles. The minimum absolute atomic E-state index is 0.0766. The maximum absolute atomic E-state index is 12.5. The summed E-state index contributed by atoms with van der Waals surface area (Å²) in [7, 11) is 3.72. The second kappa shape index (κ2) is 7.13. The lowest BCUT2D eigenvalue weighted by atomic mass is 10.1. The third-order valence-corrected chi connectivity index (χ3v) is 5.70. The minimum Gasteiger partial charge on any atom is -0.316 e. The lowest BCUT2D eigenvalue weighted by Crippen LogP contribution is -2.43. The molecule has 7 heteroatoms. The predicted molar refractivity (Wildman–Crippen MR) is 97.4 cm³/mol. The lowest BCUT2D eigenvalue weighted by Gasteiger charge is -2.31. The Morgan fingerprint density at radius 1 is 1.42 bits per heavy atom. The number of thiazole rings is 1. The van der Waals surface area contributed by atoms with Gasteiger partial charge in [-0.1, -0.05) is 0 Å². The van der Waals surface area contributed by atoms with Crippen LogP contribution in [-0.2, 0) is 13.6 Å². The molecule has 130 valence electrons. The van der Waals surface area contributed by atoms with Crippen molar-refractivity contribution in [2.24, 2.45) is 7.05 Å². The van der Waals surface area contributed by atoms with Gasteiger partial charge in [0.05, 0.1) is 17.0 Å². The first-order chi connectivity index (χ1) is 11.5. The maximum atomic E-state index is 12.5. The molecule has 6 nitrogen and oxygen atoms in total. The Hall–Kier alpha value is -1.57. The molecule has 1 unspecified atom stereocenters. The summed E-state index contributed by atoms with van der Waals surface area (Å²) in [6.07, 6.45) is 2.45. The number of likely N-dealkylation sites (N-methyl/N-ethyl adjacent to an activating group) is 1. The van der Waals surface area contributed by atoms with Crippen molar-refractivity contribution in [1.29, 1.82) is 0 Å². The van der Waals surface area contributed by atoms with Gasteiger partial charge >= 0.3 is 0 Å². The highest BCUT2D eigenvalue weighted by atomic mass is 32.1. The van der Waals surface area contributed by atoms with E-state index in [1.807, 2.05) is 20.9 Å². The van der Waals surface area contributed by atoms with Crippen molar-refractivity contribution in [3.05, 3.63) is 32.7 Å². The summed E-state index contributed by atoms with van der Waals surface area (Å²) in [5.74, 6) is 0. The summed E-state index contributed by atoms with van der Waals surface area (Å²) in [5.41, 5.74) is 3.45. The summed E-state index contributed by atoms with van der Waals surface area (Å²) in [6.45, 7) is 6.89. The highest BCUT2D eigenvalue weighted by Crippen LogP contribution is 2.25. The molecule has 3 rings (SSSR count). The molecule has 1 aliphatic rings. The third-order valence-electron chi connectivity index (χ3n) is 4.79. The van der Waals surface area contributed by atoms with Crippen molar-refractivity contribution in [2.45, 2.75) is 39.3 Å². The minimum atomic E-state index is -0.0766. The van der Waals surface area contributed by atoms with Gasteiger partial charge in [-0.15, -0.1) is 11.3 Å². The number of nitrogens with zero attached hydrogens (tertiary/aromatic N) is 4. The van der Waals surface area contributed by atoms with E-state index in [2.05, 4.69) is 20.7 Å². The van der Waals surface area contributed by atoms with Crippen LogP contribution in [0.1, 0.15) is 29.8 Å². The van der Waals surface area contributed by atoms with Crippen LogP contribution in [0.4, 0.5) is 0 Å². The molecule has 0 radical (unpaired) electrons. The molecular formula is C17H25N5OS. The van der Waals surface area contributed by atoms with Crippen molar-refractivity contribution in [3.63, 3.8) is 0 Å². The van der Waals surface area contributed by atoms with Gasteiger partial charge in [0, 0.05) is 31.6 Å². The summed E-state index contributed by atoms with van der Waals surface area (Å²) in [4.78, 5) is 19.7. The van der Waals surface area contributed by atoms with E-state index in [4.69, 9.17) is 4.98 Å². The molecule has 1 fully saturated rings. The highest BCUT2D eigenvalue weighted by Gasteiger charge is 2.20. The first-order valence-corrected chi connectivity index (χ1v) is 9.26. The Bertz CT molecular complexity index is 782. The van der Waals surface area contributed by atoms with E-state index < -0.39 is 0 Å². The van der Waals surface area contributed by atoms with E-state index in [1.165, 1.54) is 17.5 Å². The maximum Gasteiger partial charge on any atom is 0.277 e. The number of hydrogen-bond acceptors (Lipinski definition) is 6. The van der Waals surface area contributed by atoms with Gasteiger partial charge in [0.15, 0.2) is 0 Å². The number of likely N-dealkylation sites (tertiary alicyclic amines) is 1. The van der Waals surface area contributed by atoms with Crippen LogP contribution in [-0.4, -0.2) is 45.8 Å². The molecular weight excluding hydrogens is 322 g/mol. The molecule has 0 saturated carbocycles. The summed E-state index contributed by atoms with van der Waals surface area (Å²) >= 11 is 1.55. The summed E-state index contributed by atoms with van der Waals surface area (Å²) < 4.78 is 1.40. The van der Waals surface area contributed by atoms with Gasteiger partial charge in [0.25, 0.3) is 5.56 Å². The zero-order chi connectivity index (χ0) is 17.3. The van der Waals surface area contributed by atoms with Crippen molar-refractivity contribution in [2.75, 3.05) is 20.1 Å². The van der Waals surface area contributed by atoms with Crippen LogP contribution in [0.15, 0.2) is 10.2 Å². The zero-order valence-electron chi connectivity index (χ0n) is 14.8. The Kier molecular flexibility index (Phi) is 5.12. The molecule has 2 aromatic rings. The van der Waals surface area contributed by atoms with E-state index in [9.17, 15) is 4.79 Å². The smallest absolute Gasteiger partial charge is 0.277 e. The molecule has 1 atom stereocenters. The SMILES string of the molecule is CNC1CCCN(Cc2csc(-c3c(C)c(C)nn(C)c3=O)n2)C1. The standard InChI is InChI=1S/C17H25N5OS/c1-11-12(2)20-21(4)17(23)15(11)16-19-14(10-24-16)9-22-7-5-6-13(8-22)18-3/h10,13,18H,5-9H2,1-4H3. The molecule has 1 N–H and O–H groups in total. The van der Waals surface area contributed by atoms with E-state index in [0.29, 0.717) is 11.6 Å². The van der Waals surface area contributed by atoms with E-state index in [0.717, 1.165) is 41.6 Å². The monoisotopic (exact) mass is 347 g/mol. The molecule has 0 aromatic carbocycles. The molecule has 0 aliphatic carbocycles. The fourth-order valence-electron chi connectivity index (χ4n) is 3.26. The third kappa shape index (κ3) is 3.43. The van der Waals surface area contributed by atoms with Crippen LogP contribution in [0, 0.1) is 13.8 Å². The van der Waals surface area contributed by atoms with Gasteiger partial charge in [-0.3, -0.25) is 9.69 Å². The zero-order valence-corrected chi connectivity index (χ0v) is 15.6. The van der Waals surface area contributed by atoms with E-state index in [1.54, 1.807) is 18.4 Å². The molecule has 24 heavy (non-hydrogen) atoms. The Labute approximate surface area is 146 Å². The quantitative estimate of drug-likeness (QED) is 0.912. The normalized spacial score (nSPS) is 18.9. The Morgan fingerprint density at radius 3 is 2.96 bits per heavy atom. The number of rotatable bonds is 4. The number of piperidine rings is 1. The second-order valence-corrected chi connectivity index (χ2v) is 7.38. The molecule has 0 bridgehead atoms. The predicted octanol–water partition coefficient (Wildman–Crippen LogP) is 1.70. The van der Waals surface area contributed by atoms with Crippen LogP contribution in [0.5, 0.6) is 0 Å². The number of nitrogens with one attached hydrogen (secondary N) is 1. The number of hydrogen-bond donors (Lipinski definition) is 1. The van der Waals surface area contributed by atoms with Gasteiger partial charge < -0.3 is 5.32 Å². The Balaban J connectivity index is 1.83. The van der Waals surface area contributed by atoms with Crippen LogP contribution >= 0.6 is 11.3 Å². The summed E-state index contributed by atoms with van der Waals surface area (Å²) in [6, 6.07) is 0.564. The van der Waals surface area contributed by atoms with Crippen molar-refractivity contribution in [3.8, 4) is 10.6 Å². The van der Waals surface area contributed by atoms with Crippen molar-refractivity contribution in [1.82, 2.24) is 25.0 Å². The number of aryl methyl sites for hydroxylation is 2. The molecule has 0 amide bonds. The average Bonchev–Trinajstić information content (AvgIpc) is 3.01. The topological polar surface area (TPSA) is 63.1 Å². The second-order valence-electron chi connectivity index (χ2n) is 6.52.